The van der Waals surface area contributed by atoms with Gasteiger partial charge < -0.3 is 15.2 Å². The molecule has 6 heteroatoms. The molecule has 3 aromatic rings. The Kier molecular flexibility index (Phi) is 6.04. The number of ether oxygens (including phenoxy) is 1. The monoisotopic (exact) mass is 389 g/mol. The molecule has 2 N–H and O–H groups in total. The van der Waals surface area contributed by atoms with E-state index in [1.54, 1.807) is 61.5 Å². The van der Waals surface area contributed by atoms with Gasteiger partial charge in [-0.25, -0.2) is 4.79 Å². The van der Waals surface area contributed by atoms with E-state index in [1.165, 1.54) is 12.1 Å². The number of anilines is 1. The first-order chi connectivity index (χ1) is 13.9. The third-order valence-electron chi connectivity index (χ3n) is 4.28. The molecule has 0 aromatic heterocycles. The van der Waals surface area contributed by atoms with Crippen LogP contribution in [0.25, 0.3) is 0 Å². The van der Waals surface area contributed by atoms with Gasteiger partial charge >= 0.3 is 5.97 Å². The molecule has 0 aliphatic rings. The smallest absolute Gasteiger partial charge is 0.338 e. The van der Waals surface area contributed by atoms with Gasteiger partial charge in [0.25, 0.3) is 5.91 Å². The summed E-state index contributed by atoms with van der Waals surface area (Å²) in [4.78, 5) is 36.4. The van der Waals surface area contributed by atoms with Crippen molar-refractivity contribution in [2.24, 2.45) is 0 Å². The quantitative estimate of drug-likeness (QED) is 0.491. The van der Waals surface area contributed by atoms with Gasteiger partial charge in [-0.15, -0.1) is 0 Å². The van der Waals surface area contributed by atoms with Crippen molar-refractivity contribution in [3.8, 4) is 5.75 Å². The van der Waals surface area contributed by atoms with E-state index < -0.39 is 12.6 Å². The van der Waals surface area contributed by atoms with Crippen molar-refractivity contribution < 1.29 is 24.2 Å². The van der Waals surface area contributed by atoms with Crippen molar-refractivity contribution in [3.63, 3.8) is 0 Å². The summed E-state index contributed by atoms with van der Waals surface area (Å²) < 4.78 is 5.02. The Bertz CT molecular complexity index is 1040. The SMILES string of the molecule is Cc1ccc(C(=O)OCC(=O)c2ccc(NC(=O)c3ccccc3)cc2)cc1O. The number of carbonyl (C=O) groups excluding carboxylic acids is 3. The summed E-state index contributed by atoms with van der Waals surface area (Å²) in [6, 6.07) is 19.5. The fourth-order valence-corrected chi connectivity index (χ4v) is 2.57. The Labute approximate surface area is 167 Å². The molecule has 0 atom stereocenters. The first kappa shape index (κ1) is 19.8. The van der Waals surface area contributed by atoms with Gasteiger partial charge in [-0.3, -0.25) is 9.59 Å². The number of benzene rings is 3. The zero-order valence-corrected chi connectivity index (χ0v) is 15.7. The van der Waals surface area contributed by atoms with Crippen LogP contribution in [0.1, 0.15) is 36.6 Å². The molecule has 0 fully saturated rings. The number of Topliss-reactive ketones (excluding diaryl/α,β-unsaturated/α-hetero) is 1. The third-order valence-corrected chi connectivity index (χ3v) is 4.28. The number of esters is 1. The summed E-state index contributed by atoms with van der Waals surface area (Å²) in [6.07, 6.45) is 0. The molecule has 0 spiro atoms. The van der Waals surface area contributed by atoms with Crippen LogP contribution in [0.4, 0.5) is 5.69 Å². The highest BCUT2D eigenvalue weighted by Gasteiger charge is 2.13. The Hall–Kier alpha value is -3.93. The van der Waals surface area contributed by atoms with E-state index in [9.17, 15) is 19.5 Å². The number of phenols is 1. The second-order valence-corrected chi connectivity index (χ2v) is 6.40. The van der Waals surface area contributed by atoms with Crippen molar-refractivity contribution in [2.75, 3.05) is 11.9 Å². The second-order valence-electron chi connectivity index (χ2n) is 6.40. The van der Waals surface area contributed by atoms with E-state index in [0.717, 1.165) is 0 Å². The Morgan fingerprint density at radius 1 is 0.862 bits per heavy atom. The van der Waals surface area contributed by atoms with Gasteiger partial charge in [0, 0.05) is 16.8 Å². The maximum absolute atomic E-state index is 12.2. The van der Waals surface area contributed by atoms with Crippen LogP contribution in [0.5, 0.6) is 5.75 Å². The third kappa shape index (κ3) is 5.07. The van der Waals surface area contributed by atoms with Crippen LogP contribution in [0.15, 0.2) is 72.8 Å². The lowest BCUT2D eigenvalue weighted by atomic mass is 10.1. The number of hydrogen-bond donors (Lipinski definition) is 2. The van der Waals surface area contributed by atoms with Crippen molar-refractivity contribution in [1.82, 2.24) is 0 Å². The molecule has 0 unspecified atom stereocenters. The zero-order chi connectivity index (χ0) is 20.8. The molecule has 0 aliphatic carbocycles. The molecular formula is C23H19NO5. The molecule has 0 radical (unpaired) electrons. The average molecular weight is 389 g/mol. The molecule has 3 aromatic carbocycles. The lowest BCUT2D eigenvalue weighted by Crippen LogP contribution is -2.15. The van der Waals surface area contributed by atoms with Gasteiger partial charge in [0.1, 0.15) is 5.75 Å². The molecule has 0 heterocycles. The first-order valence-corrected chi connectivity index (χ1v) is 8.90. The summed E-state index contributed by atoms with van der Waals surface area (Å²) in [6.45, 7) is 1.28. The number of phenolic OH excluding ortho intramolecular Hbond substituents is 1. The Balaban J connectivity index is 1.56. The van der Waals surface area contributed by atoms with Gasteiger partial charge in [-0.2, -0.15) is 0 Å². The number of amides is 1. The summed E-state index contributed by atoms with van der Waals surface area (Å²) in [7, 11) is 0. The van der Waals surface area contributed by atoms with E-state index in [-0.39, 0.29) is 23.0 Å². The van der Waals surface area contributed by atoms with E-state index in [2.05, 4.69) is 5.32 Å². The summed E-state index contributed by atoms with van der Waals surface area (Å²) in [5.74, 6) is -1.34. The standard InChI is InChI=1S/C23H19NO5/c1-15-7-8-18(13-20(15)25)23(28)29-14-21(26)16-9-11-19(12-10-16)24-22(27)17-5-3-2-4-6-17/h2-13,25H,14H2,1H3,(H,24,27). The van der Waals surface area contributed by atoms with Crippen LogP contribution in [0, 0.1) is 6.92 Å². The maximum Gasteiger partial charge on any atom is 0.338 e. The molecule has 0 bridgehead atoms. The maximum atomic E-state index is 12.2. The molecule has 3 rings (SSSR count). The highest BCUT2D eigenvalue weighted by Crippen LogP contribution is 2.18. The number of aryl methyl sites for hydroxylation is 1. The predicted molar refractivity (Wildman–Crippen MR) is 108 cm³/mol. The van der Waals surface area contributed by atoms with Gasteiger partial charge in [-0.05, 0) is 61.0 Å². The summed E-state index contributed by atoms with van der Waals surface area (Å²) in [5, 5.41) is 12.4. The number of rotatable bonds is 6. The van der Waals surface area contributed by atoms with Crippen LogP contribution in [-0.2, 0) is 4.74 Å². The minimum Gasteiger partial charge on any atom is -0.508 e. The van der Waals surface area contributed by atoms with Crippen LogP contribution >= 0.6 is 0 Å². The van der Waals surface area contributed by atoms with Crippen molar-refractivity contribution in [2.45, 2.75) is 6.92 Å². The topological polar surface area (TPSA) is 92.7 Å². The molecule has 6 nitrogen and oxygen atoms in total. The minimum absolute atomic E-state index is 0.0149. The highest BCUT2D eigenvalue weighted by atomic mass is 16.5. The molecule has 1 amide bonds. The normalized spacial score (nSPS) is 10.2. The molecular weight excluding hydrogens is 370 g/mol. The Morgan fingerprint density at radius 3 is 2.17 bits per heavy atom. The summed E-state index contributed by atoms with van der Waals surface area (Å²) in [5.41, 5.74) is 2.23. The number of nitrogens with one attached hydrogen (secondary N) is 1. The van der Waals surface area contributed by atoms with Crippen LogP contribution < -0.4 is 5.32 Å². The van der Waals surface area contributed by atoms with E-state index in [4.69, 9.17) is 4.74 Å². The molecule has 0 saturated carbocycles. The van der Waals surface area contributed by atoms with Crippen LogP contribution in [-0.4, -0.2) is 29.4 Å². The molecule has 0 saturated heterocycles. The average Bonchev–Trinajstić information content (AvgIpc) is 2.74. The lowest BCUT2D eigenvalue weighted by Gasteiger charge is -2.08. The second kappa shape index (κ2) is 8.84. The van der Waals surface area contributed by atoms with Gasteiger partial charge in [0.15, 0.2) is 12.4 Å². The van der Waals surface area contributed by atoms with Crippen molar-refractivity contribution in [3.05, 3.63) is 95.1 Å². The molecule has 0 aliphatic heterocycles. The van der Waals surface area contributed by atoms with E-state index >= 15 is 0 Å². The first-order valence-electron chi connectivity index (χ1n) is 8.90. The van der Waals surface area contributed by atoms with E-state index in [1.807, 2.05) is 6.07 Å². The fraction of sp³-hybridized carbons (Fsp3) is 0.0870. The Morgan fingerprint density at radius 2 is 1.52 bits per heavy atom. The van der Waals surface area contributed by atoms with Crippen LogP contribution in [0.3, 0.4) is 0 Å². The van der Waals surface area contributed by atoms with Crippen molar-refractivity contribution >= 4 is 23.3 Å². The largest absolute Gasteiger partial charge is 0.508 e. The van der Waals surface area contributed by atoms with E-state index in [0.29, 0.717) is 22.4 Å². The number of hydrogen-bond acceptors (Lipinski definition) is 5. The number of aromatic hydroxyl groups is 1. The summed E-state index contributed by atoms with van der Waals surface area (Å²) >= 11 is 0. The van der Waals surface area contributed by atoms with Crippen molar-refractivity contribution in [1.29, 1.82) is 0 Å². The van der Waals surface area contributed by atoms with Gasteiger partial charge in [-0.1, -0.05) is 24.3 Å². The zero-order valence-electron chi connectivity index (χ0n) is 15.7. The van der Waals surface area contributed by atoms with Gasteiger partial charge in [0.05, 0.1) is 5.56 Å². The molecule has 146 valence electrons. The lowest BCUT2D eigenvalue weighted by molar-refractivity contribution is 0.0474. The highest BCUT2D eigenvalue weighted by molar-refractivity contribution is 6.05. The van der Waals surface area contributed by atoms with Crippen LogP contribution in [0.2, 0.25) is 0 Å². The predicted octanol–water partition coefficient (Wildman–Crippen LogP) is 3.99. The van der Waals surface area contributed by atoms with Gasteiger partial charge in [0.2, 0.25) is 0 Å². The molecule has 29 heavy (non-hydrogen) atoms. The number of carbonyl (C=O) groups is 3. The fourth-order valence-electron chi connectivity index (χ4n) is 2.57. The number of ketones is 1. The minimum atomic E-state index is -0.694.